The van der Waals surface area contributed by atoms with Crippen LogP contribution in [-0.2, 0) is 38.1 Å². The molecule has 1 aliphatic heterocycles. The summed E-state index contributed by atoms with van der Waals surface area (Å²) < 4.78 is 22.9. The molecule has 0 unspecified atom stereocenters. The van der Waals surface area contributed by atoms with Crippen molar-refractivity contribution in [3.05, 3.63) is 29.8 Å². The molecule has 2 heterocycles. The van der Waals surface area contributed by atoms with Crippen molar-refractivity contribution >= 4 is 52.9 Å². The molecule has 17 heteroatoms. The third-order valence-corrected chi connectivity index (χ3v) is 6.13. The van der Waals surface area contributed by atoms with E-state index in [9.17, 15) is 19.2 Å². The van der Waals surface area contributed by atoms with Gasteiger partial charge in [-0.1, -0.05) is 29.5 Å². The highest BCUT2D eigenvalue weighted by atomic mass is 32.2. The van der Waals surface area contributed by atoms with E-state index in [1.165, 1.54) is 11.6 Å². The van der Waals surface area contributed by atoms with Gasteiger partial charge in [-0.25, -0.2) is 0 Å². The fourth-order valence-corrected chi connectivity index (χ4v) is 4.30. The summed E-state index contributed by atoms with van der Waals surface area (Å²) in [6, 6.07) is 7.56. The average molecular weight is 582 g/mol. The molecule has 15 nitrogen and oxygen atoms in total. The zero-order valence-electron chi connectivity index (χ0n) is 21.4. The van der Waals surface area contributed by atoms with Crippen molar-refractivity contribution in [3.8, 4) is 5.69 Å². The molecular weight excluding hydrogens is 554 g/mol. The van der Waals surface area contributed by atoms with Crippen LogP contribution in [0.5, 0.6) is 0 Å². The summed E-state index contributed by atoms with van der Waals surface area (Å²) in [6.07, 6.45) is -4.52. The molecule has 1 amide bonds. The third-order valence-electron chi connectivity index (χ3n) is 4.99. The Bertz CT molecular complexity index is 1210. The van der Waals surface area contributed by atoms with Gasteiger partial charge >= 0.3 is 17.9 Å². The van der Waals surface area contributed by atoms with Crippen LogP contribution in [0.15, 0.2) is 29.4 Å². The number of esters is 3. The fourth-order valence-electron chi connectivity index (χ4n) is 3.44. The lowest BCUT2D eigenvalue weighted by Gasteiger charge is -2.40. The standard InChI is InChI=1S/C22H27N7O8S2/c1-11-5-7-15(8-6-11)29-22(26-27-28-29)39-10-17(33)24-25-21(38)23-20-19(37-14(4)32)18(36-13(3)31)16(9-34-20)35-12(2)30/h5-8,16,18-20H,9-10H2,1-4H3,(H,24,33)(H2,23,25,38)/t16-,18+,19-,20-/m1/s1. The molecule has 3 N–H and O–H groups in total. The van der Waals surface area contributed by atoms with Crippen LogP contribution in [0.3, 0.4) is 0 Å². The number of thiocarbonyl (C=S) groups is 1. The highest BCUT2D eigenvalue weighted by molar-refractivity contribution is 7.99. The normalized spacial score (nSPS) is 20.3. The Labute approximate surface area is 232 Å². The molecule has 3 rings (SSSR count). The van der Waals surface area contributed by atoms with Crippen molar-refractivity contribution in [1.29, 1.82) is 0 Å². The van der Waals surface area contributed by atoms with Gasteiger partial charge < -0.3 is 24.3 Å². The number of thioether (sulfide) groups is 1. The van der Waals surface area contributed by atoms with Crippen molar-refractivity contribution in [2.75, 3.05) is 12.4 Å². The smallest absolute Gasteiger partial charge is 0.303 e. The van der Waals surface area contributed by atoms with Gasteiger partial charge in [0.25, 0.3) is 0 Å². The van der Waals surface area contributed by atoms with E-state index in [0.29, 0.717) is 5.16 Å². The van der Waals surface area contributed by atoms with Crippen LogP contribution in [0.2, 0.25) is 0 Å². The molecule has 1 aromatic carbocycles. The summed E-state index contributed by atoms with van der Waals surface area (Å²) in [6.45, 7) is 5.27. The Morgan fingerprint density at radius 2 is 1.67 bits per heavy atom. The van der Waals surface area contributed by atoms with Crippen LogP contribution in [0.4, 0.5) is 0 Å². The maximum atomic E-state index is 12.4. The SMILES string of the molecule is CC(=O)O[C@@H]1[C@@H](OC(C)=O)[C@H](OC(C)=O)CO[C@H]1NC(=S)NNC(=O)CSc1nnnn1-c1ccc(C)cc1. The molecular formula is C22H27N7O8S2. The number of rotatable bonds is 8. The Morgan fingerprint density at radius 1 is 1.03 bits per heavy atom. The number of ether oxygens (including phenoxy) is 4. The average Bonchev–Trinajstić information content (AvgIpc) is 3.33. The largest absolute Gasteiger partial charge is 0.456 e. The van der Waals surface area contributed by atoms with E-state index in [1.807, 2.05) is 31.2 Å². The van der Waals surface area contributed by atoms with Gasteiger partial charge in [-0.15, -0.1) is 5.10 Å². The first-order valence-electron chi connectivity index (χ1n) is 11.5. The lowest BCUT2D eigenvalue weighted by Crippen LogP contribution is -2.63. The van der Waals surface area contributed by atoms with E-state index in [0.717, 1.165) is 36.9 Å². The zero-order valence-corrected chi connectivity index (χ0v) is 23.0. The first-order chi connectivity index (χ1) is 18.5. The number of aromatic nitrogens is 4. The number of carbonyl (C=O) groups is 4. The van der Waals surface area contributed by atoms with Gasteiger partial charge in [-0.3, -0.25) is 30.0 Å². The zero-order chi connectivity index (χ0) is 28.5. The van der Waals surface area contributed by atoms with Gasteiger partial charge in [0.15, 0.2) is 29.7 Å². The molecule has 0 bridgehead atoms. The number of carbonyl (C=O) groups excluding carboxylic acids is 4. The van der Waals surface area contributed by atoms with E-state index >= 15 is 0 Å². The Kier molecular flexibility index (Phi) is 10.5. The molecule has 1 aliphatic rings. The summed E-state index contributed by atoms with van der Waals surface area (Å²) in [5.74, 6) is -2.52. The van der Waals surface area contributed by atoms with E-state index in [4.69, 9.17) is 31.2 Å². The molecule has 0 spiro atoms. The summed E-state index contributed by atoms with van der Waals surface area (Å²) >= 11 is 6.32. The molecule has 1 aromatic heterocycles. The third kappa shape index (κ3) is 8.86. The second-order valence-corrected chi connectivity index (χ2v) is 9.54. The van der Waals surface area contributed by atoms with Crippen molar-refractivity contribution in [2.45, 2.75) is 57.4 Å². The number of nitrogens with zero attached hydrogens (tertiary/aromatic N) is 4. The monoisotopic (exact) mass is 581 g/mol. The Hall–Kier alpha value is -3.83. The number of benzene rings is 1. The predicted molar refractivity (Wildman–Crippen MR) is 138 cm³/mol. The van der Waals surface area contributed by atoms with Gasteiger partial charge in [0.05, 0.1) is 18.0 Å². The van der Waals surface area contributed by atoms with E-state index < -0.39 is 48.4 Å². The Morgan fingerprint density at radius 3 is 2.31 bits per heavy atom. The first kappa shape index (κ1) is 29.7. The number of nitrogens with one attached hydrogen (secondary N) is 3. The van der Waals surface area contributed by atoms with Crippen LogP contribution in [0.1, 0.15) is 26.3 Å². The predicted octanol–water partition coefficient (Wildman–Crippen LogP) is -0.290. The Balaban J connectivity index is 1.55. The van der Waals surface area contributed by atoms with Crippen LogP contribution in [0.25, 0.3) is 5.69 Å². The maximum absolute atomic E-state index is 12.4. The van der Waals surface area contributed by atoms with Crippen molar-refractivity contribution < 1.29 is 38.1 Å². The number of hydrogen-bond acceptors (Lipinski definition) is 13. The summed E-state index contributed by atoms with van der Waals surface area (Å²) in [4.78, 5) is 47.3. The number of hydrogen-bond donors (Lipinski definition) is 3. The highest BCUT2D eigenvalue weighted by Gasteiger charge is 2.47. The lowest BCUT2D eigenvalue weighted by atomic mass is 10.0. The van der Waals surface area contributed by atoms with Gasteiger partial charge in [-0.05, 0) is 41.7 Å². The van der Waals surface area contributed by atoms with Crippen LogP contribution in [-0.4, -0.2) is 86.0 Å². The molecule has 210 valence electrons. The molecule has 0 aliphatic carbocycles. The molecule has 0 saturated carbocycles. The van der Waals surface area contributed by atoms with Gasteiger partial charge in [0.2, 0.25) is 11.1 Å². The first-order valence-corrected chi connectivity index (χ1v) is 12.9. The van der Waals surface area contributed by atoms with Crippen LogP contribution in [0, 0.1) is 6.92 Å². The van der Waals surface area contributed by atoms with Crippen molar-refractivity contribution in [3.63, 3.8) is 0 Å². The minimum atomic E-state index is -1.23. The topological polar surface area (TPSA) is 185 Å². The molecule has 2 aromatic rings. The summed E-state index contributed by atoms with van der Waals surface area (Å²) in [5, 5.41) is 14.6. The van der Waals surface area contributed by atoms with E-state index in [-0.39, 0.29) is 17.5 Å². The number of tetrazole rings is 1. The molecule has 39 heavy (non-hydrogen) atoms. The van der Waals surface area contributed by atoms with Gasteiger partial charge in [-0.2, -0.15) is 4.68 Å². The minimum Gasteiger partial charge on any atom is -0.456 e. The summed E-state index contributed by atoms with van der Waals surface area (Å²) in [7, 11) is 0. The van der Waals surface area contributed by atoms with Crippen molar-refractivity contribution in [1.82, 2.24) is 36.4 Å². The molecule has 4 atom stereocenters. The van der Waals surface area contributed by atoms with Crippen LogP contribution < -0.4 is 16.2 Å². The number of amides is 1. The maximum Gasteiger partial charge on any atom is 0.303 e. The molecule has 1 fully saturated rings. The van der Waals surface area contributed by atoms with E-state index in [1.54, 1.807) is 0 Å². The quantitative estimate of drug-likeness (QED) is 0.121. The lowest BCUT2D eigenvalue weighted by molar-refractivity contribution is -0.227. The van der Waals surface area contributed by atoms with Gasteiger partial charge in [0.1, 0.15) is 0 Å². The summed E-state index contributed by atoms with van der Waals surface area (Å²) in [5.41, 5.74) is 6.77. The number of aryl methyl sites for hydroxylation is 1. The fraction of sp³-hybridized carbons (Fsp3) is 0.455. The second kappa shape index (κ2) is 13.8. The van der Waals surface area contributed by atoms with Crippen molar-refractivity contribution in [2.24, 2.45) is 0 Å². The van der Waals surface area contributed by atoms with E-state index in [2.05, 4.69) is 31.7 Å². The number of hydrazine groups is 1. The molecule has 0 radical (unpaired) electrons. The highest BCUT2D eigenvalue weighted by Crippen LogP contribution is 2.23. The minimum absolute atomic E-state index is 0.0452. The molecule has 1 saturated heterocycles. The van der Waals surface area contributed by atoms with Gasteiger partial charge in [0, 0.05) is 20.8 Å². The second-order valence-electron chi connectivity index (χ2n) is 8.19. The van der Waals surface area contributed by atoms with Crippen LogP contribution >= 0.6 is 24.0 Å².